The summed E-state index contributed by atoms with van der Waals surface area (Å²) < 4.78 is 19.7. The van der Waals surface area contributed by atoms with Gasteiger partial charge in [0.05, 0.1) is 23.5 Å². The average molecular weight is 433 g/mol. The maximum absolute atomic E-state index is 14.6. The minimum Gasteiger partial charge on any atom is -0.459 e. The van der Waals surface area contributed by atoms with E-state index in [1.54, 1.807) is 0 Å². The van der Waals surface area contributed by atoms with Crippen LogP contribution in [0.25, 0.3) is 16.6 Å². The second-order valence-corrected chi connectivity index (χ2v) is 8.24. The molecule has 1 atom stereocenters. The van der Waals surface area contributed by atoms with Crippen LogP contribution in [-0.2, 0) is 28.9 Å². The van der Waals surface area contributed by atoms with Gasteiger partial charge in [0.15, 0.2) is 0 Å². The number of halogens is 1. The summed E-state index contributed by atoms with van der Waals surface area (Å²) in [6.07, 6.45) is 4.55. The summed E-state index contributed by atoms with van der Waals surface area (Å²) in [5, 5.41) is 4.06. The van der Waals surface area contributed by atoms with Crippen LogP contribution in [-0.4, -0.2) is 28.5 Å². The normalized spacial score (nSPS) is 20.7. The van der Waals surface area contributed by atoms with Gasteiger partial charge in [-0.15, -0.1) is 4.91 Å². The molecule has 0 radical (unpaired) electrons. The number of rotatable bonds is 1. The monoisotopic (exact) mass is 433 g/mol. The average Bonchev–Trinajstić information content (AvgIpc) is 3.18. The number of aromatic nitrogens is 1. The van der Waals surface area contributed by atoms with E-state index in [1.165, 1.54) is 11.6 Å². The van der Waals surface area contributed by atoms with Gasteiger partial charge in [-0.1, -0.05) is 20.4 Å². The van der Waals surface area contributed by atoms with Crippen LogP contribution in [0.2, 0.25) is 0 Å². The van der Waals surface area contributed by atoms with E-state index in [0.29, 0.717) is 28.9 Å². The standard InChI is InChI=1S/C23H18FN3O3.C2H6/c1-10-12-4-3-5-13-15-8-27-11(2)16-9-30-23(28)22(26-29)14(16)6-19(27)21(15)25-18(20(12)13)7-17(10)24;1-2/h6-7,22H,2-5,8-9H2,1H3;1-2H3/t22-;/m0./s1. The Morgan fingerprint density at radius 2 is 2.00 bits per heavy atom. The zero-order chi connectivity index (χ0) is 22.7. The first kappa shape index (κ1) is 20.5. The van der Waals surface area contributed by atoms with Gasteiger partial charge in [-0.25, -0.2) is 14.2 Å². The van der Waals surface area contributed by atoms with Gasteiger partial charge in [0.1, 0.15) is 12.4 Å². The van der Waals surface area contributed by atoms with Crippen LogP contribution in [0.4, 0.5) is 4.39 Å². The van der Waals surface area contributed by atoms with E-state index in [9.17, 15) is 14.1 Å². The zero-order valence-electron chi connectivity index (χ0n) is 18.4. The fraction of sp³-hybridized carbons (Fsp3) is 0.360. The number of carbonyl (C=O) groups is 1. The molecule has 164 valence electrons. The highest BCUT2D eigenvalue weighted by atomic mass is 19.1. The molecule has 4 aliphatic rings. The third-order valence-corrected chi connectivity index (χ3v) is 6.82. The lowest BCUT2D eigenvalue weighted by Gasteiger charge is -2.33. The molecule has 0 unspecified atom stereocenters. The first-order chi connectivity index (χ1) is 15.5. The molecule has 4 heterocycles. The van der Waals surface area contributed by atoms with Gasteiger partial charge < -0.3 is 9.64 Å². The lowest BCUT2D eigenvalue weighted by atomic mass is 9.85. The molecule has 6 nitrogen and oxygen atoms in total. The SMILES string of the molecule is C=C1C2=C(C=C3c4nc5cc(F)c(C)c6c5c(c4CN13)CCC6)[C@H](N=O)C(=O)OC2.CC. The van der Waals surface area contributed by atoms with Crippen molar-refractivity contribution in [3.63, 3.8) is 0 Å². The molecular formula is C25H24FN3O3. The predicted octanol–water partition coefficient (Wildman–Crippen LogP) is 4.87. The summed E-state index contributed by atoms with van der Waals surface area (Å²) in [4.78, 5) is 30.3. The van der Waals surface area contributed by atoms with E-state index >= 15 is 0 Å². The Balaban J connectivity index is 0.00000105. The molecule has 1 aromatic carbocycles. The first-order valence-electron chi connectivity index (χ1n) is 11.0. The Kier molecular flexibility index (Phi) is 4.73. The molecule has 32 heavy (non-hydrogen) atoms. The third-order valence-electron chi connectivity index (χ3n) is 6.82. The van der Waals surface area contributed by atoms with Crippen molar-refractivity contribution in [3.05, 3.63) is 74.2 Å². The molecule has 0 saturated heterocycles. The largest absolute Gasteiger partial charge is 0.459 e. The Morgan fingerprint density at radius 3 is 2.75 bits per heavy atom. The van der Waals surface area contributed by atoms with Crippen molar-refractivity contribution in [2.75, 3.05) is 6.61 Å². The molecule has 1 aromatic heterocycles. The second kappa shape index (κ2) is 7.36. The number of hydrogen-bond donors (Lipinski definition) is 0. The minimum absolute atomic E-state index is 0.0759. The van der Waals surface area contributed by atoms with Gasteiger partial charge >= 0.3 is 5.97 Å². The summed E-state index contributed by atoms with van der Waals surface area (Å²) in [5.41, 5.74) is 8.24. The van der Waals surface area contributed by atoms with E-state index in [4.69, 9.17) is 9.72 Å². The van der Waals surface area contributed by atoms with Crippen molar-refractivity contribution in [1.29, 1.82) is 0 Å². The van der Waals surface area contributed by atoms with Crippen LogP contribution < -0.4 is 0 Å². The molecule has 0 saturated carbocycles. The molecule has 6 rings (SSSR count). The number of nitrogens with zero attached hydrogens (tertiary/aromatic N) is 3. The van der Waals surface area contributed by atoms with Crippen molar-refractivity contribution in [2.45, 2.75) is 52.6 Å². The van der Waals surface area contributed by atoms with Crippen LogP contribution in [0.1, 0.15) is 48.2 Å². The van der Waals surface area contributed by atoms with E-state index < -0.39 is 12.0 Å². The van der Waals surface area contributed by atoms with Crippen molar-refractivity contribution in [1.82, 2.24) is 9.88 Å². The van der Waals surface area contributed by atoms with Crippen LogP contribution >= 0.6 is 0 Å². The number of ether oxygens (including phenoxy) is 1. The lowest BCUT2D eigenvalue weighted by Crippen LogP contribution is -2.35. The number of esters is 1. The van der Waals surface area contributed by atoms with Gasteiger partial charge in [-0.2, -0.15) is 0 Å². The van der Waals surface area contributed by atoms with Crippen LogP contribution in [0.3, 0.4) is 0 Å². The Hall–Kier alpha value is -3.35. The molecule has 7 heteroatoms. The Morgan fingerprint density at radius 1 is 1.25 bits per heavy atom. The molecule has 0 spiro atoms. The number of carbonyl (C=O) groups excluding carboxylic acids is 1. The van der Waals surface area contributed by atoms with Gasteiger partial charge in [0, 0.05) is 33.9 Å². The van der Waals surface area contributed by atoms with Gasteiger partial charge in [0.2, 0.25) is 6.04 Å². The van der Waals surface area contributed by atoms with Crippen LogP contribution in [0, 0.1) is 17.6 Å². The fourth-order valence-electron chi connectivity index (χ4n) is 5.29. The number of benzene rings is 1. The molecular weight excluding hydrogens is 409 g/mol. The van der Waals surface area contributed by atoms with E-state index in [2.05, 4.69) is 11.8 Å². The third kappa shape index (κ3) is 2.63. The Bertz CT molecular complexity index is 1290. The lowest BCUT2D eigenvalue weighted by molar-refractivity contribution is -0.144. The maximum atomic E-state index is 14.6. The number of pyridine rings is 1. The maximum Gasteiger partial charge on any atom is 0.339 e. The second-order valence-electron chi connectivity index (χ2n) is 8.24. The molecule has 0 bridgehead atoms. The van der Waals surface area contributed by atoms with Gasteiger partial charge in [-0.3, -0.25) is 0 Å². The van der Waals surface area contributed by atoms with Gasteiger partial charge in [-0.05, 0) is 54.1 Å². The zero-order valence-corrected chi connectivity index (χ0v) is 18.4. The molecule has 0 fully saturated rings. The molecule has 2 aromatic rings. The first-order valence-corrected chi connectivity index (χ1v) is 11.0. The van der Waals surface area contributed by atoms with Crippen LogP contribution in [0.5, 0.6) is 0 Å². The van der Waals surface area contributed by atoms with Crippen LogP contribution in [0.15, 0.2) is 40.7 Å². The summed E-state index contributed by atoms with van der Waals surface area (Å²) in [6.45, 7) is 10.7. The smallest absolute Gasteiger partial charge is 0.339 e. The minimum atomic E-state index is -1.20. The Labute approximate surface area is 185 Å². The van der Waals surface area contributed by atoms with E-state index in [-0.39, 0.29) is 12.4 Å². The summed E-state index contributed by atoms with van der Waals surface area (Å²) in [7, 11) is 0. The van der Waals surface area contributed by atoms with E-state index in [0.717, 1.165) is 52.7 Å². The highest BCUT2D eigenvalue weighted by molar-refractivity contribution is 5.93. The number of aryl methyl sites for hydroxylation is 2. The fourth-order valence-corrected chi connectivity index (χ4v) is 5.29. The summed E-state index contributed by atoms with van der Waals surface area (Å²) in [6, 6.07) is 0.317. The highest BCUT2D eigenvalue weighted by Crippen LogP contribution is 2.47. The summed E-state index contributed by atoms with van der Waals surface area (Å²) >= 11 is 0. The summed E-state index contributed by atoms with van der Waals surface area (Å²) in [5.74, 6) is -0.885. The van der Waals surface area contributed by atoms with Gasteiger partial charge in [0.25, 0.3) is 0 Å². The number of hydrogen-bond acceptors (Lipinski definition) is 6. The topological polar surface area (TPSA) is 71.9 Å². The molecule has 0 amide bonds. The van der Waals surface area contributed by atoms with Crippen molar-refractivity contribution < 1.29 is 13.9 Å². The highest BCUT2D eigenvalue weighted by Gasteiger charge is 2.41. The number of nitroso groups, excluding NO2 is 1. The quantitative estimate of drug-likeness (QED) is 0.474. The number of cyclic esters (lactones) is 1. The molecule has 0 N–H and O–H groups in total. The van der Waals surface area contributed by atoms with E-state index in [1.807, 2.05) is 31.7 Å². The number of fused-ring (bicyclic) bond motifs is 4. The van der Waals surface area contributed by atoms with Crippen molar-refractivity contribution in [2.24, 2.45) is 5.18 Å². The molecule has 1 aliphatic carbocycles. The van der Waals surface area contributed by atoms with Crippen molar-refractivity contribution >= 4 is 22.6 Å². The molecule has 3 aliphatic heterocycles. The predicted molar refractivity (Wildman–Crippen MR) is 120 cm³/mol. The van der Waals surface area contributed by atoms with Crippen molar-refractivity contribution in [3.8, 4) is 0 Å².